The van der Waals surface area contributed by atoms with Gasteiger partial charge in [-0.3, -0.25) is 13.9 Å². The number of hydrogen-bond acceptors (Lipinski definition) is 6. The van der Waals surface area contributed by atoms with E-state index >= 15 is 0 Å². The molecule has 0 aromatic heterocycles. The molecule has 0 atom stereocenters. The Kier molecular flexibility index (Phi) is 7.70. The van der Waals surface area contributed by atoms with E-state index in [2.05, 4.69) is 5.32 Å². The Balaban J connectivity index is 1.74. The number of carbonyl (C=O) groups excluding carboxylic acids is 2. The van der Waals surface area contributed by atoms with Crippen LogP contribution in [0.4, 0.5) is 11.4 Å². The maximum atomic E-state index is 12.6. The summed E-state index contributed by atoms with van der Waals surface area (Å²) in [5.74, 6) is -0.160. The maximum absolute atomic E-state index is 12.6. The van der Waals surface area contributed by atoms with Crippen molar-refractivity contribution >= 4 is 33.2 Å². The molecule has 2 aromatic rings. The highest BCUT2D eigenvalue weighted by Gasteiger charge is 2.23. The van der Waals surface area contributed by atoms with Crippen LogP contribution in [-0.2, 0) is 19.6 Å². The normalized spacial score (nSPS) is 14.0. The van der Waals surface area contributed by atoms with Crippen LogP contribution in [0.1, 0.15) is 17.3 Å². The van der Waals surface area contributed by atoms with Gasteiger partial charge >= 0.3 is 0 Å². The molecule has 0 saturated carbocycles. The minimum absolute atomic E-state index is 0.143. The zero-order valence-electron chi connectivity index (χ0n) is 18.1. The molecule has 0 unspecified atom stereocenters. The Labute approximate surface area is 188 Å². The number of benzene rings is 2. The van der Waals surface area contributed by atoms with Gasteiger partial charge in [0.1, 0.15) is 12.3 Å². The molecule has 2 aromatic carbocycles. The molecule has 3 rings (SSSR count). The number of anilines is 2. The highest BCUT2D eigenvalue weighted by atomic mass is 32.2. The van der Waals surface area contributed by atoms with E-state index < -0.39 is 22.5 Å². The number of nitrogens with zero attached hydrogens (tertiary/aromatic N) is 2. The van der Waals surface area contributed by atoms with Crippen LogP contribution in [0.2, 0.25) is 0 Å². The minimum atomic E-state index is -3.75. The first-order chi connectivity index (χ1) is 15.3. The maximum Gasteiger partial charge on any atom is 0.254 e. The molecule has 9 nitrogen and oxygen atoms in total. The van der Waals surface area contributed by atoms with Crippen LogP contribution in [0.5, 0.6) is 5.75 Å². The second-order valence-corrected chi connectivity index (χ2v) is 9.11. The predicted molar refractivity (Wildman–Crippen MR) is 122 cm³/mol. The van der Waals surface area contributed by atoms with Crippen LogP contribution < -0.4 is 14.4 Å². The first-order valence-corrected chi connectivity index (χ1v) is 12.1. The van der Waals surface area contributed by atoms with Crippen molar-refractivity contribution in [3.63, 3.8) is 0 Å². The summed E-state index contributed by atoms with van der Waals surface area (Å²) in [6.45, 7) is 3.85. The van der Waals surface area contributed by atoms with Crippen LogP contribution in [0.25, 0.3) is 0 Å². The van der Waals surface area contributed by atoms with E-state index in [1.54, 1.807) is 41.3 Å². The molecule has 1 fully saturated rings. The standard InChI is InChI=1S/C22H27N3O6S/c1-3-31-20-7-5-4-6-19(20)23-21(26)16-25(32(2,28)29)18-10-8-17(9-11-18)22(27)24-12-14-30-15-13-24/h4-11H,3,12-16H2,1-2H3,(H,23,26). The Morgan fingerprint density at radius 2 is 1.75 bits per heavy atom. The number of amides is 2. The van der Waals surface area contributed by atoms with Gasteiger partial charge in [0.05, 0.1) is 37.5 Å². The molecule has 0 spiro atoms. The highest BCUT2D eigenvalue weighted by Crippen LogP contribution is 2.24. The first-order valence-electron chi connectivity index (χ1n) is 10.3. The number of nitrogens with one attached hydrogen (secondary N) is 1. The predicted octanol–water partition coefficient (Wildman–Crippen LogP) is 1.96. The van der Waals surface area contributed by atoms with Gasteiger partial charge in [-0.05, 0) is 43.3 Å². The van der Waals surface area contributed by atoms with Gasteiger partial charge in [-0.1, -0.05) is 12.1 Å². The summed E-state index contributed by atoms with van der Waals surface area (Å²) >= 11 is 0. The molecular formula is C22H27N3O6S. The summed E-state index contributed by atoms with van der Waals surface area (Å²) < 4.78 is 36.5. The number of morpholine rings is 1. The van der Waals surface area contributed by atoms with Gasteiger partial charge < -0.3 is 19.7 Å². The van der Waals surface area contributed by atoms with Crippen LogP contribution >= 0.6 is 0 Å². The molecule has 1 aliphatic heterocycles. The zero-order chi connectivity index (χ0) is 23.1. The summed E-state index contributed by atoms with van der Waals surface area (Å²) in [6.07, 6.45) is 1.03. The summed E-state index contributed by atoms with van der Waals surface area (Å²) in [4.78, 5) is 26.9. The molecule has 0 aliphatic carbocycles. The van der Waals surface area contributed by atoms with Gasteiger partial charge in [-0.2, -0.15) is 0 Å². The van der Waals surface area contributed by atoms with Crippen molar-refractivity contribution in [2.75, 3.05) is 55.3 Å². The lowest BCUT2D eigenvalue weighted by Gasteiger charge is -2.27. The van der Waals surface area contributed by atoms with Crippen molar-refractivity contribution in [2.24, 2.45) is 0 Å². The summed E-state index contributed by atoms with van der Waals surface area (Å²) in [5, 5.41) is 2.70. The third-order valence-corrected chi connectivity index (χ3v) is 5.99. The first kappa shape index (κ1) is 23.6. The lowest BCUT2D eigenvalue weighted by Crippen LogP contribution is -2.40. The van der Waals surface area contributed by atoms with E-state index in [1.807, 2.05) is 6.92 Å². The van der Waals surface area contributed by atoms with Gasteiger partial charge in [-0.15, -0.1) is 0 Å². The third kappa shape index (κ3) is 5.98. The second-order valence-electron chi connectivity index (χ2n) is 7.20. The molecule has 0 bridgehead atoms. The summed E-state index contributed by atoms with van der Waals surface area (Å²) in [6, 6.07) is 13.1. The van der Waals surface area contributed by atoms with Gasteiger partial charge in [0.2, 0.25) is 15.9 Å². The fourth-order valence-corrected chi connectivity index (χ4v) is 4.15. The number of ether oxygens (including phenoxy) is 2. The topological polar surface area (TPSA) is 105 Å². The highest BCUT2D eigenvalue weighted by molar-refractivity contribution is 7.92. The van der Waals surface area contributed by atoms with Crippen LogP contribution in [0, 0.1) is 0 Å². The summed E-state index contributed by atoms with van der Waals surface area (Å²) in [7, 11) is -3.75. The average Bonchev–Trinajstić information content (AvgIpc) is 2.78. The van der Waals surface area contributed by atoms with Gasteiger partial charge in [0, 0.05) is 18.7 Å². The monoisotopic (exact) mass is 461 g/mol. The zero-order valence-corrected chi connectivity index (χ0v) is 18.9. The van der Waals surface area contributed by atoms with Crippen molar-refractivity contribution in [3.05, 3.63) is 54.1 Å². The van der Waals surface area contributed by atoms with E-state index in [-0.39, 0.29) is 5.91 Å². The fraction of sp³-hybridized carbons (Fsp3) is 0.364. The average molecular weight is 462 g/mol. The van der Waals surface area contributed by atoms with Crippen molar-refractivity contribution in [1.29, 1.82) is 0 Å². The van der Waals surface area contributed by atoms with Crippen molar-refractivity contribution in [3.8, 4) is 5.75 Å². The van der Waals surface area contributed by atoms with Crippen molar-refractivity contribution in [1.82, 2.24) is 4.90 Å². The molecule has 2 amide bonds. The van der Waals surface area contributed by atoms with Crippen molar-refractivity contribution in [2.45, 2.75) is 6.92 Å². The van der Waals surface area contributed by atoms with Crippen LogP contribution in [0.3, 0.4) is 0 Å². The van der Waals surface area contributed by atoms with Crippen LogP contribution in [0.15, 0.2) is 48.5 Å². The Hall–Kier alpha value is -3.11. The number of rotatable bonds is 8. The number of hydrogen-bond donors (Lipinski definition) is 1. The molecule has 172 valence electrons. The smallest absolute Gasteiger partial charge is 0.254 e. The third-order valence-electron chi connectivity index (χ3n) is 4.85. The van der Waals surface area contributed by atoms with E-state index in [1.165, 1.54) is 12.1 Å². The number of para-hydroxylation sites is 2. The lowest BCUT2D eigenvalue weighted by molar-refractivity contribution is -0.114. The van der Waals surface area contributed by atoms with E-state index in [9.17, 15) is 18.0 Å². The molecule has 32 heavy (non-hydrogen) atoms. The van der Waals surface area contributed by atoms with Crippen molar-refractivity contribution < 1.29 is 27.5 Å². The Morgan fingerprint density at radius 1 is 1.09 bits per heavy atom. The van der Waals surface area contributed by atoms with Gasteiger partial charge in [0.25, 0.3) is 5.91 Å². The second kappa shape index (κ2) is 10.5. The quantitative estimate of drug-likeness (QED) is 0.644. The molecule has 1 aliphatic rings. The van der Waals surface area contributed by atoms with Crippen LogP contribution in [-0.4, -0.2) is 70.8 Å². The van der Waals surface area contributed by atoms with E-state index in [4.69, 9.17) is 9.47 Å². The Bertz CT molecular complexity index is 1050. The summed E-state index contributed by atoms with van der Waals surface area (Å²) in [5.41, 5.74) is 1.19. The number of carbonyl (C=O) groups is 2. The lowest BCUT2D eigenvalue weighted by atomic mass is 10.1. The number of sulfonamides is 1. The Morgan fingerprint density at radius 3 is 2.38 bits per heavy atom. The molecule has 0 radical (unpaired) electrons. The molecular weight excluding hydrogens is 434 g/mol. The molecule has 10 heteroatoms. The van der Waals surface area contributed by atoms with Gasteiger partial charge in [-0.25, -0.2) is 8.42 Å². The molecule has 1 saturated heterocycles. The minimum Gasteiger partial charge on any atom is -0.492 e. The van der Waals surface area contributed by atoms with E-state index in [0.29, 0.717) is 55.6 Å². The molecule has 1 heterocycles. The fourth-order valence-electron chi connectivity index (χ4n) is 3.29. The largest absolute Gasteiger partial charge is 0.492 e. The van der Waals surface area contributed by atoms with E-state index in [0.717, 1.165) is 10.6 Å². The SMILES string of the molecule is CCOc1ccccc1NC(=O)CN(c1ccc(C(=O)N2CCOCC2)cc1)S(C)(=O)=O. The van der Waals surface area contributed by atoms with Gasteiger partial charge in [0.15, 0.2) is 0 Å². The molecule has 1 N–H and O–H groups in total.